The Morgan fingerprint density at radius 1 is 1.05 bits per heavy atom. The van der Waals surface area contributed by atoms with Gasteiger partial charge in [0.2, 0.25) is 0 Å². The fourth-order valence-electron chi connectivity index (χ4n) is 1.65. The molecular formula is C14H18O5. The Labute approximate surface area is 112 Å². The van der Waals surface area contributed by atoms with Crippen LogP contribution in [0.25, 0.3) is 0 Å². The molecule has 0 spiro atoms. The Kier molecular flexibility index (Phi) is 5.36. The Bertz CT molecular complexity index is 445. The summed E-state index contributed by atoms with van der Waals surface area (Å²) in [6.45, 7) is 1.65. The first-order valence-corrected chi connectivity index (χ1v) is 5.86. The van der Waals surface area contributed by atoms with Gasteiger partial charge in [0.05, 0.1) is 27.2 Å². The van der Waals surface area contributed by atoms with Gasteiger partial charge in [-0.3, -0.25) is 9.59 Å². The topological polar surface area (TPSA) is 61.8 Å². The lowest BCUT2D eigenvalue weighted by Gasteiger charge is -2.10. The monoisotopic (exact) mass is 266 g/mol. The lowest BCUT2D eigenvalue weighted by molar-refractivity contribution is -0.144. The lowest BCUT2D eigenvalue weighted by Crippen LogP contribution is -2.17. The highest BCUT2D eigenvalue weighted by molar-refractivity contribution is 5.98. The van der Waals surface area contributed by atoms with Crippen LogP contribution in [0.3, 0.4) is 0 Å². The molecule has 0 fully saturated rings. The molecule has 5 heteroatoms. The zero-order valence-corrected chi connectivity index (χ0v) is 11.6. The van der Waals surface area contributed by atoms with E-state index in [1.807, 2.05) is 0 Å². The summed E-state index contributed by atoms with van der Waals surface area (Å²) in [5.74, 6) is 0.0369. The van der Waals surface area contributed by atoms with E-state index in [-0.39, 0.29) is 12.2 Å². The molecule has 0 bridgehead atoms. The molecule has 0 amide bonds. The van der Waals surface area contributed by atoms with E-state index in [1.165, 1.54) is 21.3 Å². The summed E-state index contributed by atoms with van der Waals surface area (Å²) in [4.78, 5) is 23.4. The van der Waals surface area contributed by atoms with Gasteiger partial charge in [0, 0.05) is 18.1 Å². The number of esters is 1. The van der Waals surface area contributed by atoms with Gasteiger partial charge in [-0.25, -0.2) is 0 Å². The van der Waals surface area contributed by atoms with E-state index in [4.69, 9.17) is 9.47 Å². The molecule has 104 valence electrons. The molecule has 5 nitrogen and oxygen atoms in total. The molecule has 0 heterocycles. The van der Waals surface area contributed by atoms with Crippen molar-refractivity contribution in [2.75, 3.05) is 21.3 Å². The third kappa shape index (κ3) is 3.98. The lowest BCUT2D eigenvalue weighted by atomic mass is 9.99. The number of carbonyl (C=O) groups excluding carboxylic acids is 2. The molecule has 0 saturated heterocycles. The van der Waals surface area contributed by atoms with Gasteiger partial charge in [0.25, 0.3) is 0 Å². The molecule has 1 rings (SSSR count). The van der Waals surface area contributed by atoms with Crippen molar-refractivity contribution in [2.45, 2.75) is 13.3 Å². The van der Waals surface area contributed by atoms with Gasteiger partial charge in [-0.2, -0.15) is 0 Å². The molecule has 0 aromatic heterocycles. The van der Waals surface area contributed by atoms with Crippen LogP contribution in [-0.4, -0.2) is 33.1 Å². The summed E-state index contributed by atoms with van der Waals surface area (Å²) in [6, 6.07) is 4.92. The number of hydrogen-bond donors (Lipinski definition) is 0. The number of benzene rings is 1. The molecule has 0 radical (unpaired) electrons. The van der Waals surface area contributed by atoms with Gasteiger partial charge >= 0.3 is 5.97 Å². The minimum atomic E-state index is -0.477. The second-order valence-corrected chi connectivity index (χ2v) is 4.15. The van der Waals surface area contributed by atoms with Crippen LogP contribution >= 0.6 is 0 Å². The zero-order chi connectivity index (χ0) is 14.4. The second kappa shape index (κ2) is 6.78. The number of ketones is 1. The maximum atomic E-state index is 12.1. The van der Waals surface area contributed by atoms with Crippen LogP contribution in [0.15, 0.2) is 18.2 Å². The fourth-order valence-corrected chi connectivity index (χ4v) is 1.65. The van der Waals surface area contributed by atoms with Crippen LogP contribution in [0.5, 0.6) is 11.5 Å². The third-order valence-electron chi connectivity index (χ3n) is 2.77. The van der Waals surface area contributed by atoms with E-state index in [0.717, 1.165) is 0 Å². The van der Waals surface area contributed by atoms with E-state index in [0.29, 0.717) is 17.1 Å². The molecule has 0 aliphatic carbocycles. The van der Waals surface area contributed by atoms with Crippen molar-refractivity contribution in [1.82, 2.24) is 0 Å². The number of hydrogen-bond acceptors (Lipinski definition) is 5. The van der Waals surface area contributed by atoms with Crippen LogP contribution in [-0.2, 0) is 9.53 Å². The molecule has 0 aliphatic rings. The van der Waals surface area contributed by atoms with Crippen LogP contribution in [0.2, 0.25) is 0 Å². The molecule has 1 aromatic carbocycles. The zero-order valence-electron chi connectivity index (χ0n) is 11.6. The SMILES string of the molecule is COC(=O)C(C)CC(=O)c1cc(OC)cc(OC)c1. The standard InChI is InChI=1S/C14H18O5/c1-9(14(16)19-4)5-13(15)10-6-11(17-2)8-12(7-10)18-3/h6-9H,5H2,1-4H3. The van der Waals surface area contributed by atoms with Gasteiger partial charge in [0.15, 0.2) is 5.78 Å². The van der Waals surface area contributed by atoms with E-state index < -0.39 is 11.9 Å². The van der Waals surface area contributed by atoms with Gasteiger partial charge in [-0.1, -0.05) is 6.92 Å². The number of rotatable bonds is 6. The van der Waals surface area contributed by atoms with Crippen LogP contribution < -0.4 is 9.47 Å². The quantitative estimate of drug-likeness (QED) is 0.582. The van der Waals surface area contributed by atoms with E-state index in [9.17, 15) is 9.59 Å². The van der Waals surface area contributed by atoms with Crippen LogP contribution in [0.4, 0.5) is 0 Å². The minimum Gasteiger partial charge on any atom is -0.497 e. The van der Waals surface area contributed by atoms with Gasteiger partial charge in [-0.15, -0.1) is 0 Å². The molecule has 19 heavy (non-hydrogen) atoms. The average Bonchev–Trinajstić information content (AvgIpc) is 2.45. The van der Waals surface area contributed by atoms with Crippen molar-refractivity contribution in [2.24, 2.45) is 5.92 Å². The average molecular weight is 266 g/mol. The van der Waals surface area contributed by atoms with Crippen molar-refractivity contribution >= 4 is 11.8 Å². The normalized spacial score (nSPS) is 11.6. The van der Waals surface area contributed by atoms with Gasteiger partial charge < -0.3 is 14.2 Å². The number of ether oxygens (including phenoxy) is 3. The van der Waals surface area contributed by atoms with E-state index in [2.05, 4.69) is 4.74 Å². The summed E-state index contributed by atoms with van der Waals surface area (Å²) in [7, 11) is 4.33. The molecule has 1 aromatic rings. The van der Waals surface area contributed by atoms with E-state index in [1.54, 1.807) is 25.1 Å². The van der Waals surface area contributed by atoms with Gasteiger partial charge in [-0.05, 0) is 12.1 Å². The maximum absolute atomic E-state index is 12.1. The Morgan fingerprint density at radius 3 is 2.00 bits per heavy atom. The van der Waals surface area contributed by atoms with Crippen LogP contribution in [0.1, 0.15) is 23.7 Å². The summed E-state index contributed by atoms with van der Waals surface area (Å²) >= 11 is 0. The highest BCUT2D eigenvalue weighted by atomic mass is 16.5. The minimum absolute atomic E-state index is 0.0863. The smallest absolute Gasteiger partial charge is 0.308 e. The first kappa shape index (κ1) is 15.0. The van der Waals surface area contributed by atoms with E-state index >= 15 is 0 Å². The first-order valence-electron chi connectivity index (χ1n) is 5.86. The summed E-state index contributed by atoms with van der Waals surface area (Å²) in [5, 5.41) is 0. The largest absolute Gasteiger partial charge is 0.497 e. The van der Waals surface area contributed by atoms with Crippen LogP contribution in [0, 0.1) is 5.92 Å². The number of carbonyl (C=O) groups is 2. The predicted molar refractivity (Wildman–Crippen MR) is 69.7 cm³/mol. The first-order chi connectivity index (χ1) is 9.01. The molecular weight excluding hydrogens is 248 g/mol. The molecule has 0 saturated carbocycles. The van der Waals surface area contributed by atoms with Crippen molar-refractivity contribution in [3.05, 3.63) is 23.8 Å². The van der Waals surface area contributed by atoms with Gasteiger partial charge in [0.1, 0.15) is 11.5 Å². The predicted octanol–water partition coefficient (Wildman–Crippen LogP) is 2.09. The molecule has 0 aliphatic heterocycles. The number of methoxy groups -OCH3 is 3. The summed E-state index contributed by atoms with van der Waals surface area (Å²) in [5.41, 5.74) is 0.451. The highest BCUT2D eigenvalue weighted by Gasteiger charge is 2.19. The fraction of sp³-hybridized carbons (Fsp3) is 0.429. The second-order valence-electron chi connectivity index (χ2n) is 4.15. The maximum Gasteiger partial charge on any atom is 0.308 e. The Hall–Kier alpha value is -2.04. The highest BCUT2D eigenvalue weighted by Crippen LogP contribution is 2.24. The Morgan fingerprint density at radius 2 is 1.58 bits per heavy atom. The van der Waals surface area contributed by atoms with Crippen molar-refractivity contribution in [3.8, 4) is 11.5 Å². The number of Topliss-reactive ketones (excluding diaryl/α,β-unsaturated/α-hetero) is 1. The molecule has 1 unspecified atom stereocenters. The Balaban J connectivity index is 2.90. The molecule has 0 N–H and O–H groups in total. The summed E-state index contributed by atoms with van der Waals surface area (Å²) < 4.78 is 14.8. The molecule has 1 atom stereocenters. The summed E-state index contributed by atoms with van der Waals surface area (Å²) in [6.07, 6.45) is 0.0863. The van der Waals surface area contributed by atoms with Crippen molar-refractivity contribution in [1.29, 1.82) is 0 Å². The van der Waals surface area contributed by atoms with Crippen molar-refractivity contribution in [3.63, 3.8) is 0 Å². The van der Waals surface area contributed by atoms with Crippen molar-refractivity contribution < 1.29 is 23.8 Å². The third-order valence-corrected chi connectivity index (χ3v) is 2.77.